The number of hydrogen-bond acceptors (Lipinski definition) is 3. The van der Waals surface area contributed by atoms with Crippen molar-refractivity contribution < 1.29 is 4.79 Å². The van der Waals surface area contributed by atoms with E-state index < -0.39 is 0 Å². The highest BCUT2D eigenvalue weighted by molar-refractivity contribution is 5.76. The van der Waals surface area contributed by atoms with Crippen molar-refractivity contribution in [2.45, 2.75) is 46.6 Å². The van der Waals surface area contributed by atoms with Gasteiger partial charge in [-0.3, -0.25) is 14.2 Å². The van der Waals surface area contributed by atoms with Crippen LogP contribution in [0, 0.1) is 20.8 Å². The lowest BCUT2D eigenvalue weighted by atomic mass is 10.1. The fraction of sp³-hybridized carbons (Fsp3) is 0.562. The number of carbonyl (C=O) groups excluding carboxylic acids is 1. The Morgan fingerprint density at radius 2 is 2.09 bits per heavy atom. The topological polar surface area (TPSA) is 64.7 Å². The first-order valence-electron chi connectivity index (χ1n) is 7.72. The first kappa shape index (κ1) is 16.3. The second-order valence-corrected chi connectivity index (χ2v) is 5.73. The molecule has 6 heteroatoms. The minimum absolute atomic E-state index is 0.0941. The van der Waals surface area contributed by atoms with Crippen LogP contribution in [0.1, 0.15) is 35.5 Å². The van der Waals surface area contributed by atoms with Crippen LogP contribution in [-0.2, 0) is 24.8 Å². The van der Waals surface area contributed by atoms with E-state index in [-0.39, 0.29) is 5.91 Å². The minimum Gasteiger partial charge on any atom is -0.356 e. The minimum atomic E-state index is 0.0941. The van der Waals surface area contributed by atoms with Gasteiger partial charge in [0, 0.05) is 37.9 Å². The fourth-order valence-corrected chi connectivity index (χ4v) is 2.48. The Bertz CT molecular complexity index is 641. The van der Waals surface area contributed by atoms with Crippen molar-refractivity contribution in [2.75, 3.05) is 6.54 Å². The quantitative estimate of drug-likeness (QED) is 0.792. The van der Waals surface area contributed by atoms with Gasteiger partial charge >= 0.3 is 0 Å². The van der Waals surface area contributed by atoms with E-state index in [1.807, 2.05) is 36.5 Å². The van der Waals surface area contributed by atoms with Crippen LogP contribution in [0.2, 0.25) is 0 Å². The van der Waals surface area contributed by atoms with Crippen molar-refractivity contribution in [3.05, 3.63) is 34.9 Å². The fourth-order valence-electron chi connectivity index (χ4n) is 2.48. The molecule has 0 aliphatic heterocycles. The summed E-state index contributed by atoms with van der Waals surface area (Å²) >= 11 is 0. The van der Waals surface area contributed by atoms with E-state index in [4.69, 9.17) is 0 Å². The highest BCUT2D eigenvalue weighted by Crippen LogP contribution is 2.08. The van der Waals surface area contributed by atoms with Gasteiger partial charge in [0.1, 0.15) is 0 Å². The molecule has 2 aromatic rings. The van der Waals surface area contributed by atoms with Crippen molar-refractivity contribution in [1.82, 2.24) is 24.9 Å². The van der Waals surface area contributed by atoms with Crippen LogP contribution in [-0.4, -0.2) is 32.0 Å². The van der Waals surface area contributed by atoms with Crippen LogP contribution in [0.5, 0.6) is 0 Å². The zero-order valence-electron chi connectivity index (χ0n) is 13.9. The molecule has 1 N–H and O–H groups in total. The molecule has 0 aliphatic carbocycles. The summed E-state index contributed by atoms with van der Waals surface area (Å²) in [4.78, 5) is 11.9. The molecule has 0 bridgehead atoms. The predicted molar refractivity (Wildman–Crippen MR) is 85.6 cm³/mol. The number of nitrogens with zero attached hydrogens (tertiary/aromatic N) is 4. The summed E-state index contributed by atoms with van der Waals surface area (Å²) in [6, 6.07) is 2.06. The Labute approximate surface area is 131 Å². The van der Waals surface area contributed by atoms with Gasteiger partial charge in [0.25, 0.3) is 0 Å². The van der Waals surface area contributed by atoms with E-state index in [1.54, 1.807) is 0 Å². The van der Waals surface area contributed by atoms with Gasteiger partial charge < -0.3 is 5.32 Å². The van der Waals surface area contributed by atoms with Crippen LogP contribution in [0.3, 0.4) is 0 Å². The number of hydrogen-bond donors (Lipinski definition) is 1. The van der Waals surface area contributed by atoms with Gasteiger partial charge in [0.05, 0.1) is 11.9 Å². The lowest BCUT2D eigenvalue weighted by Crippen LogP contribution is -2.25. The van der Waals surface area contributed by atoms with E-state index in [0.717, 1.165) is 42.0 Å². The summed E-state index contributed by atoms with van der Waals surface area (Å²) < 4.78 is 3.82. The largest absolute Gasteiger partial charge is 0.356 e. The molecule has 22 heavy (non-hydrogen) atoms. The van der Waals surface area contributed by atoms with Crippen LogP contribution >= 0.6 is 0 Å². The molecule has 0 aliphatic rings. The van der Waals surface area contributed by atoms with Gasteiger partial charge in [-0.2, -0.15) is 10.2 Å². The molecule has 2 aromatic heterocycles. The van der Waals surface area contributed by atoms with Crippen molar-refractivity contribution >= 4 is 5.91 Å². The van der Waals surface area contributed by atoms with Gasteiger partial charge in [-0.15, -0.1) is 0 Å². The molecule has 0 atom stereocenters. The number of carbonyl (C=O) groups is 1. The summed E-state index contributed by atoms with van der Waals surface area (Å²) in [6.07, 6.45) is 3.97. The average molecular weight is 303 g/mol. The molecule has 2 rings (SSSR count). The Hall–Kier alpha value is -2.11. The molecular weight excluding hydrogens is 278 g/mol. The average Bonchev–Trinajstić information content (AvgIpc) is 2.96. The van der Waals surface area contributed by atoms with E-state index in [1.165, 1.54) is 0 Å². The molecule has 120 valence electrons. The van der Waals surface area contributed by atoms with Crippen molar-refractivity contribution in [3.63, 3.8) is 0 Å². The van der Waals surface area contributed by atoms with Crippen LogP contribution < -0.4 is 5.32 Å². The standard InChI is InChI=1S/C16H25N5O/c1-12-10-13(2)21(19-12)9-5-8-17-16(22)7-6-15-11-18-20(4)14(15)3/h10-11H,5-9H2,1-4H3,(H,17,22). The summed E-state index contributed by atoms with van der Waals surface area (Å²) in [6.45, 7) is 7.58. The van der Waals surface area contributed by atoms with Gasteiger partial charge in [-0.1, -0.05) is 0 Å². The zero-order chi connectivity index (χ0) is 16.1. The summed E-state index contributed by atoms with van der Waals surface area (Å²) in [5.74, 6) is 0.0941. The third-order valence-electron chi connectivity index (χ3n) is 3.93. The third-order valence-corrected chi connectivity index (χ3v) is 3.93. The second kappa shape index (κ2) is 7.24. The van der Waals surface area contributed by atoms with E-state index in [0.29, 0.717) is 13.0 Å². The molecule has 0 aromatic carbocycles. The van der Waals surface area contributed by atoms with Crippen LogP contribution in [0.15, 0.2) is 12.3 Å². The van der Waals surface area contributed by atoms with E-state index in [9.17, 15) is 4.79 Å². The van der Waals surface area contributed by atoms with Crippen LogP contribution in [0.25, 0.3) is 0 Å². The Morgan fingerprint density at radius 1 is 1.32 bits per heavy atom. The van der Waals surface area contributed by atoms with Crippen molar-refractivity contribution in [2.24, 2.45) is 7.05 Å². The third kappa shape index (κ3) is 4.19. The molecule has 0 saturated heterocycles. The summed E-state index contributed by atoms with van der Waals surface area (Å²) in [7, 11) is 1.91. The maximum absolute atomic E-state index is 11.9. The molecule has 6 nitrogen and oxygen atoms in total. The molecule has 0 unspecified atom stereocenters. The molecule has 2 heterocycles. The van der Waals surface area contributed by atoms with Crippen LogP contribution in [0.4, 0.5) is 0 Å². The second-order valence-electron chi connectivity index (χ2n) is 5.73. The molecule has 1 amide bonds. The zero-order valence-corrected chi connectivity index (χ0v) is 13.9. The highest BCUT2D eigenvalue weighted by Gasteiger charge is 2.07. The number of rotatable bonds is 7. The first-order chi connectivity index (χ1) is 10.5. The molecule has 0 radical (unpaired) electrons. The number of aromatic nitrogens is 4. The number of nitrogens with one attached hydrogen (secondary N) is 1. The smallest absolute Gasteiger partial charge is 0.220 e. The summed E-state index contributed by atoms with van der Waals surface area (Å²) in [5, 5.41) is 11.6. The van der Waals surface area contributed by atoms with E-state index in [2.05, 4.69) is 28.5 Å². The Kier molecular flexibility index (Phi) is 5.35. The van der Waals surface area contributed by atoms with Crippen molar-refractivity contribution in [1.29, 1.82) is 0 Å². The Morgan fingerprint density at radius 3 is 2.68 bits per heavy atom. The normalized spacial score (nSPS) is 10.9. The number of aryl methyl sites for hydroxylation is 5. The predicted octanol–water partition coefficient (Wildman–Crippen LogP) is 1.68. The Balaban J connectivity index is 1.66. The summed E-state index contributed by atoms with van der Waals surface area (Å²) in [5.41, 5.74) is 4.46. The maximum atomic E-state index is 11.9. The van der Waals surface area contributed by atoms with Gasteiger partial charge in [-0.25, -0.2) is 0 Å². The monoisotopic (exact) mass is 303 g/mol. The number of amides is 1. The highest BCUT2D eigenvalue weighted by atomic mass is 16.1. The van der Waals surface area contributed by atoms with Gasteiger partial charge in [-0.05, 0) is 45.2 Å². The van der Waals surface area contributed by atoms with E-state index >= 15 is 0 Å². The van der Waals surface area contributed by atoms with Crippen molar-refractivity contribution in [3.8, 4) is 0 Å². The first-order valence-corrected chi connectivity index (χ1v) is 7.72. The SMILES string of the molecule is Cc1cc(C)n(CCCNC(=O)CCc2cnn(C)c2C)n1. The molecule has 0 saturated carbocycles. The molecule has 0 fully saturated rings. The lowest BCUT2D eigenvalue weighted by molar-refractivity contribution is -0.121. The molecule has 0 spiro atoms. The molecular formula is C16H25N5O. The maximum Gasteiger partial charge on any atom is 0.220 e. The lowest BCUT2D eigenvalue weighted by Gasteiger charge is -2.07. The van der Waals surface area contributed by atoms with Gasteiger partial charge in [0.2, 0.25) is 5.91 Å². The van der Waals surface area contributed by atoms with Gasteiger partial charge in [0.15, 0.2) is 0 Å².